The van der Waals surface area contributed by atoms with Crippen LogP contribution in [-0.4, -0.2) is 35.7 Å². The van der Waals surface area contributed by atoms with E-state index in [0.717, 1.165) is 17.4 Å². The van der Waals surface area contributed by atoms with Gasteiger partial charge in [0.25, 0.3) is 5.91 Å². The molecule has 0 radical (unpaired) electrons. The predicted octanol–water partition coefficient (Wildman–Crippen LogP) is 3.09. The molecule has 1 aromatic carbocycles. The molecule has 0 bridgehead atoms. The first kappa shape index (κ1) is 16.1. The van der Waals surface area contributed by atoms with Gasteiger partial charge in [-0.25, -0.2) is 9.69 Å². The average Bonchev–Trinajstić information content (AvgIpc) is 2.79. The molecular formula is C15H14F3NO3. The lowest BCUT2D eigenvalue weighted by Crippen LogP contribution is -2.39. The van der Waals surface area contributed by atoms with Crippen molar-refractivity contribution >= 4 is 12.0 Å². The molecule has 1 heterocycles. The number of halogens is 3. The monoisotopic (exact) mass is 313 g/mol. The Morgan fingerprint density at radius 1 is 1.36 bits per heavy atom. The number of rotatable bonds is 3. The summed E-state index contributed by atoms with van der Waals surface area (Å²) in [4.78, 5) is 24.3. The first-order valence-electron chi connectivity index (χ1n) is 6.58. The van der Waals surface area contributed by atoms with Gasteiger partial charge in [0.1, 0.15) is 6.61 Å². The van der Waals surface area contributed by atoms with Crippen LogP contribution in [0.15, 0.2) is 42.0 Å². The number of allylic oxidation sites excluding steroid dienone is 1. The molecule has 1 fully saturated rings. The van der Waals surface area contributed by atoms with Crippen LogP contribution in [0, 0.1) is 0 Å². The number of nitrogens with zero attached hydrogens (tertiary/aromatic N) is 1. The molecule has 1 aliphatic heterocycles. The van der Waals surface area contributed by atoms with Crippen LogP contribution in [0.5, 0.6) is 0 Å². The molecule has 22 heavy (non-hydrogen) atoms. The molecule has 4 nitrogen and oxygen atoms in total. The van der Waals surface area contributed by atoms with Gasteiger partial charge < -0.3 is 4.74 Å². The fourth-order valence-corrected chi connectivity index (χ4v) is 2.10. The molecule has 1 aliphatic rings. The summed E-state index contributed by atoms with van der Waals surface area (Å²) < 4.78 is 42.2. The van der Waals surface area contributed by atoms with Crippen LogP contribution in [0.4, 0.5) is 18.0 Å². The van der Waals surface area contributed by atoms with Crippen molar-refractivity contribution in [2.75, 3.05) is 6.61 Å². The lowest BCUT2D eigenvalue weighted by molar-refractivity contribution is -0.125. The normalized spacial score (nSPS) is 19.3. The highest BCUT2D eigenvalue weighted by Gasteiger charge is 2.38. The summed E-state index contributed by atoms with van der Waals surface area (Å²) in [5.41, 5.74) is -0.198. The predicted molar refractivity (Wildman–Crippen MR) is 71.9 cm³/mol. The van der Waals surface area contributed by atoms with Crippen LogP contribution in [-0.2, 0) is 16.0 Å². The van der Waals surface area contributed by atoms with Gasteiger partial charge in [-0.1, -0.05) is 30.3 Å². The number of amides is 2. The number of imide groups is 1. The van der Waals surface area contributed by atoms with Crippen LogP contribution in [0.25, 0.3) is 0 Å². The van der Waals surface area contributed by atoms with Crippen LogP contribution >= 0.6 is 0 Å². The Morgan fingerprint density at radius 2 is 2.00 bits per heavy atom. The Balaban J connectivity index is 2.16. The molecule has 0 unspecified atom stereocenters. The third kappa shape index (κ3) is 3.66. The topological polar surface area (TPSA) is 46.6 Å². The number of benzene rings is 1. The fourth-order valence-electron chi connectivity index (χ4n) is 2.10. The summed E-state index contributed by atoms with van der Waals surface area (Å²) >= 11 is 0. The Hall–Kier alpha value is -2.31. The average molecular weight is 313 g/mol. The SMILES string of the molecule is CC(=CC(=O)N1C(=O)OC[C@@H]1Cc1ccccc1)C(F)(F)F. The second kappa shape index (κ2) is 6.21. The van der Waals surface area contributed by atoms with Gasteiger partial charge in [0.05, 0.1) is 6.04 Å². The van der Waals surface area contributed by atoms with Crippen molar-refractivity contribution < 1.29 is 27.5 Å². The molecular weight excluding hydrogens is 299 g/mol. The maximum Gasteiger partial charge on any atom is 0.417 e. The molecule has 1 saturated heterocycles. The maximum atomic E-state index is 12.5. The van der Waals surface area contributed by atoms with Gasteiger partial charge in [0.2, 0.25) is 0 Å². The summed E-state index contributed by atoms with van der Waals surface area (Å²) in [5, 5.41) is 0. The van der Waals surface area contributed by atoms with Crippen LogP contribution in [0.3, 0.4) is 0 Å². The van der Waals surface area contributed by atoms with Gasteiger partial charge in [-0.05, 0) is 18.9 Å². The molecule has 2 amide bonds. The van der Waals surface area contributed by atoms with E-state index in [0.29, 0.717) is 12.5 Å². The minimum absolute atomic E-state index is 0.0294. The van der Waals surface area contributed by atoms with Crippen molar-refractivity contribution in [1.29, 1.82) is 0 Å². The molecule has 2 rings (SSSR count). The van der Waals surface area contributed by atoms with Gasteiger partial charge in [-0.3, -0.25) is 4.79 Å². The number of carbonyl (C=O) groups excluding carboxylic acids is 2. The van der Waals surface area contributed by atoms with Gasteiger partial charge in [0.15, 0.2) is 0 Å². The number of hydrogen-bond donors (Lipinski definition) is 0. The number of carbonyl (C=O) groups is 2. The van der Waals surface area contributed by atoms with E-state index >= 15 is 0 Å². The van der Waals surface area contributed by atoms with Gasteiger partial charge in [-0.2, -0.15) is 13.2 Å². The lowest BCUT2D eigenvalue weighted by atomic mass is 10.1. The van der Waals surface area contributed by atoms with E-state index in [-0.39, 0.29) is 6.61 Å². The summed E-state index contributed by atoms with van der Waals surface area (Å²) in [6.45, 7) is 0.754. The molecule has 0 spiro atoms. The molecule has 1 aromatic rings. The van der Waals surface area contributed by atoms with Gasteiger partial charge in [-0.15, -0.1) is 0 Å². The van der Waals surface area contributed by atoms with E-state index in [4.69, 9.17) is 4.74 Å². The second-order valence-corrected chi connectivity index (χ2v) is 4.95. The minimum atomic E-state index is -4.60. The highest BCUT2D eigenvalue weighted by atomic mass is 19.4. The molecule has 118 valence electrons. The van der Waals surface area contributed by atoms with Crippen molar-refractivity contribution in [2.45, 2.75) is 25.6 Å². The van der Waals surface area contributed by atoms with Crippen LogP contribution in [0.2, 0.25) is 0 Å². The third-order valence-corrected chi connectivity index (χ3v) is 3.30. The molecule has 0 N–H and O–H groups in total. The van der Waals surface area contributed by atoms with E-state index in [9.17, 15) is 22.8 Å². The van der Waals surface area contributed by atoms with E-state index in [1.165, 1.54) is 0 Å². The zero-order valence-corrected chi connectivity index (χ0v) is 11.8. The van der Waals surface area contributed by atoms with E-state index in [1.54, 1.807) is 12.1 Å². The number of cyclic esters (lactones) is 1. The van der Waals surface area contributed by atoms with Gasteiger partial charge >= 0.3 is 12.3 Å². The number of alkyl halides is 3. The van der Waals surface area contributed by atoms with Crippen molar-refractivity contribution in [3.8, 4) is 0 Å². The highest BCUT2D eigenvalue weighted by molar-refractivity contribution is 6.00. The summed E-state index contributed by atoms with van der Waals surface area (Å²) in [7, 11) is 0. The maximum absolute atomic E-state index is 12.5. The zero-order chi connectivity index (χ0) is 16.3. The summed E-state index contributed by atoms with van der Waals surface area (Å²) in [6, 6.07) is 8.42. The molecule has 0 aliphatic carbocycles. The van der Waals surface area contributed by atoms with Crippen molar-refractivity contribution in [3.05, 3.63) is 47.5 Å². The number of hydrogen-bond acceptors (Lipinski definition) is 3. The first-order valence-corrected chi connectivity index (χ1v) is 6.58. The molecule has 7 heteroatoms. The Kier molecular flexibility index (Phi) is 4.54. The van der Waals surface area contributed by atoms with Crippen LogP contribution in [0.1, 0.15) is 12.5 Å². The van der Waals surface area contributed by atoms with E-state index in [1.807, 2.05) is 18.2 Å². The Bertz CT molecular complexity index is 596. The Morgan fingerprint density at radius 3 is 2.59 bits per heavy atom. The van der Waals surface area contributed by atoms with E-state index < -0.39 is 29.8 Å². The quantitative estimate of drug-likeness (QED) is 0.806. The first-order chi connectivity index (χ1) is 10.3. The van der Waals surface area contributed by atoms with E-state index in [2.05, 4.69) is 0 Å². The van der Waals surface area contributed by atoms with Crippen LogP contribution < -0.4 is 0 Å². The minimum Gasteiger partial charge on any atom is -0.447 e. The highest BCUT2D eigenvalue weighted by Crippen LogP contribution is 2.26. The molecule has 0 saturated carbocycles. The standard InChI is InChI=1S/C15H14F3NO3/c1-10(15(16,17)18)7-13(20)19-12(9-22-14(19)21)8-11-5-3-2-4-6-11/h2-7,12H,8-9H2,1H3/t12-/m0/s1. The fraction of sp³-hybridized carbons (Fsp3) is 0.333. The number of ether oxygens (including phenoxy) is 1. The van der Waals surface area contributed by atoms with Crippen molar-refractivity contribution in [2.24, 2.45) is 0 Å². The zero-order valence-electron chi connectivity index (χ0n) is 11.8. The molecule has 0 aromatic heterocycles. The van der Waals surface area contributed by atoms with Gasteiger partial charge in [0, 0.05) is 11.6 Å². The Labute approximate surface area is 125 Å². The summed E-state index contributed by atoms with van der Waals surface area (Å²) in [6.07, 6.45) is -4.77. The lowest BCUT2D eigenvalue weighted by Gasteiger charge is -2.18. The second-order valence-electron chi connectivity index (χ2n) is 4.95. The van der Waals surface area contributed by atoms with Crippen molar-refractivity contribution in [3.63, 3.8) is 0 Å². The molecule has 1 atom stereocenters. The van der Waals surface area contributed by atoms with Crippen molar-refractivity contribution in [1.82, 2.24) is 4.90 Å². The largest absolute Gasteiger partial charge is 0.447 e. The summed E-state index contributed by atoms with van der Waals surface area (Å²) in [5.74, 6) is -1.02. The third-order valence-electron chi connectivity index (χ3n) is 3.30. The smallest absolute Gasteiger partial charge is 0.417 e.